The minimum Gasteiger partial charge on any atom is -0.376 e. The number of hydrogen-bond donors (Lipinski definition) is 0. The molecule has 2 saturated heterocycles. The monoisotopic (exact) mass is 371 g/mol. The Morgan fingerprint density at radius 3 is 2.74 bits per heavy atom. The lowest BCUT2D eigenvalue weighted by molar-refractivity contribution is -0.143. The van der Waals surface area contributed by atoms with Crippen LogP contribution in [0.15, 0.2) is 42.5 Å². The lowest BCUT2D eigenvalue weighted by Crippen LogP contribution is -2.61. The molecule has 0 radical (unpaired) electrons. The number of benzene rings is 1. The zero-order valence-electron chi connectivity index (χ0n) is 15.2. The van der Waals surface area contributed by atoms with Gasteiger partial charge in [0.15, 0.2) is 0 Å². The molecule has 1 amide bonds. The molecule has 1 aromatic carbocycles. The number of morpholine rings is 1. The zero-order valence-corrected chi connectivity index (χ0v) is 15.2. The van der Waals surface area contributed by atoms with Crippen molar-refractivity contribution in [3.8, 4) is 0 Å². The number of aromatic nitrogens is 1. The Morgan fingerprint density at radius 1 is 1.15 bits per heavy atom. The van der Waals surface area contributed by atoms with Crippen molar-refractivity contribution in [2.75, 3.05) is 49.3 Å². The zero-order chi connectivity index (χ0) is 18.9. The summed E-state index contributed by atoms with van der Waals surface area (Å²) in [5, 5.41) is 0. The number of pyridine rings is 1. The van der Waals surface area contributed by atoms with E-state index in [0.29, 0.717) is 38.5 Å². The predicted molar refractivity (Wildman–Crippen MR) is 99.4 cm³/mol. The lowest BCUT2D eigenvalue weighted by Gasteiger charge is -2.43. The quantitative estimate of drug-likeness (QED) is 0.810. The van der Waals surface area contributed by atoms with Crippen molar-refractivity contribution in [2.24, 2.45) is 0 Å². The van der Waals surface area contributed by atoms with Gasteiger partial charge in [-0.3, -0.25) is 4.79 Å². The molecule has 1 aromatic heterocycles. The third kappa shape index (κ3) is 3.79. The summed E-state index contributed by atoms with van der Waals surface area (Å²) in [6.45, 7) is 4.49. The van der Waals surface area contributed by atoms with Crippen molar-refractivity contribution in [2.45, 2.75) is 12.5 Å². The molecule has 0 saturated carbocycles. The van der Waals surface area contributed by atoms with Gasteiger partial charge in [0.05, 0.1) is 26.3 Å². The molecule has 1 spiro atoms. The van der Waals surface area contributed by atoms with E-state index < -0.39 is 5.60 Å². The maximum Gasteiger partial charge on any atom is 0.253 e. The Balaban J connectivity index is 1.60. The number of amides is 1. The molecule has 0 unspecified atom stereocenters. The van der Waals surface area contributed by atoms with Crippen LogP contribution < -0.4 is 9.80 Å². The molecule has 0 bridgehead atoms. The standard InChI is InChI=1S/C20H22FN3O3/c1-15-3-2-4-18(22-15)23-9-10-26-14-20(12-23)13-24(19(25)11-27-20)17-7-5-16(21)6-8-17/h2-8H,9-14H2,1H3/t20-/m0/s1. The van der Waals surface area contributed by atoms with Crippen LogP contribution in [0.1, 0.15) is 5.69 Å². The van der Waals surface area contributed by atoms with Gasteiger partial charge in [0.25, 0.3) is 5.91 Å². The van der Waals surface area contributed by atoms with Crippen molar-refractivity contribution >= 4 is 17.4 Å². The highest BCUT2D eigenvalue weighted by molar-refractivity contribution is 5.95. The number of rotatable bonds is 2. The third-order valence-electron chi connectivity index (χ3n) is 4.93. The molecule has 2 aliphatic heterocycles. The molecule has 2 fully saturated rings. The first-order valence-corrected chi connectivity index (χ1v) is 9.01. The Morgan fingerprint density at radius 2 is 1.96 bits per heavy atom. The van der Waals surface area contributed by atoms with Crippen molar-refractivity contribution in [1.29, 1.82) is 0 Å². The van der Waals surface area contributed by atoms with Crippen LogP contribution in [0.5, 0.6) is 0 Å². The molecule has 2 aromatic rings. The molecule has 27 heavy (non-hydrogen) atoms. The van der Waals surface area contributed by atoms with Crippen LogP contribution in [-0.2, 0) is 14.3 Å². The Kier molecular flexibility index (Phi) is 4.80. The van der Waals surface area contributed by atoms with Gasteiger partial charge in [-0.15, -0.1) is 0 Å². The normalized spacial score (nSPS) is 23.6. The number of anilines is 2. The van der Waals surface area contributed by atoms with Gasteiger partial charge in [-0.25, -0.2) is 9.37 Å². The number of hydrogen-bond acceptors (Lipinski definition) is 5. The molecule has 1 atom stereocenters. The van der Waals surface area contributed by atoms with E-state index in [4.69, 9.17) is 9.47 Å². The second kappa shape index (κ2) is 7.25. The van der Waals surface area contributed by atoms with E-state index in [1.165, 1.54) is 12.1 Å². The van der Waals surface area contributed by atoms with E-state index in [2.05, 4.69) is 9.88 Å². The first-order valence-electron chi connectivity index (χ1n) is 9.01. The second-order valence-corrected chi connectivity index (χ2v) is 7.04. The number of carbonyl (C=O) groups excluding carboxylic acids is 1. The van der Waals surface area contributed by atoms with Crippen LogP contribution in [0.3, 0.4) is 0 Å². The van der Waals surface area contributed by atoms with Gasteiger partial charge < -0.3 is 19.3 Å². The van der Waals surface area contributed by atoms with Crippen molar-refractivity contribution in [1.82, 2.24) is 4.98 Å². The number of carbonyl (C=O) groups is 1. The number of nitrogens with zero attached hydrogens (tertiary/aromatic N) is 3. The first kappa shape index (κ1) is 17.9. The Bertz CT molecular complexity index is 829. The van der Waals surface area contributed by atoms with Gasteiger partial charge >= 0.3 is 0 Å². The second-order valence-electron chi connectivity index (χ2n) is 7.04. The average molecular weight is 371 g/mol. The largest absolute Gasteiger partial charge is 0.376 e. The van der Waals surface area contributed by atoms with E-state index in [-0.39, 0.29) is 18.3 Å². The molecule has 4 rings (SSSR count). The van der Waals surface area contributed by atoms with E-state index in [1.807, 2.05) is 25.1 Å². The maximum absolute atomic E-state index is 13.3. The van der Waals surface area contributed by atoms with Crippen molar-refractivity contribution in [3.05, 3.63) is 54.0 Å². The number of ether oxygens (including phenoxy) is 2. The summed E-state index contributed by atoms with van der Waals surface area (Å²) < 4.78 is 25.1. The van der Waals surface area contributed by atoms with Gasteiger partial charge in [-0.1, -0.05) is 6.07 Å². The molecule has 0 N–H and O–H groups in total. The summed E-state index contributed by atoms with van der Waals surface area (Å²) in [7, 11) is 0. The average Bonchev–Trinajstić information content (AvgIpc) is 2.88. The Hall–Kier alpha value is -2.51. The van der Waals surface area contributed by atoms with Crippen molar-refractivity contribution in [3.63, 3.8) is 0 Å². The lowest BCUT2D eigenvalue weighted by atomic mass is 10.0. The van der Waals surface area contributed by atoms with E-state index >= 15 is 0 Å². The number of aryl methyl sites for hydroxylation is 1. The molecule has 2 aliphatic rings. The van der Waals surface area contributed by atoms with Crippen LogP contribution in [-0.4, -0.2) is 55.9 Å². The van der Waals surface area contributed by atoms with E-state index in [0.717, 1.165) is 11.5 Å². The van der Waals surface area contributed by atoms with Gasteiger partial charge in [-0.2, -0.15) is 0 Å². The predicted octanol–water partition coefficient (Wildman–Crippen LogP) is 2.17. The molecule has 3 heterocycles. The van der Waals surface area contributed by atoms with Gasteiger partial charge in [-0.05, 0) is 43.3 Å². The van der Waals surface area contributed by atoms with Gasteiger partial charge in [0.1, 0.15) is 23.8 Å². The van der Waals surface area contributed by atoms with Crippen LogP contribution in [0.4, 0.5) is 15.9 Å². The fourth-order valence-corrected chi connectivity index (χ4v) is 3.56. The third-order valence-corrected chi connectivity index (χ3v) is 4.93. The SMILES string of the molecule is Cc1cccc(N2CCOC[C@]3(C2)CN(c2ccc(F)cc2)C(=O)CO3)n1. The summed E-state index contributed by atoms with van der Waals surface area (Å²) >= 11 is 0. The van der Waals surface area contributed by atoms with E-state index in [9.17, 15) is 9.18 Å². The molecular weight excluding hydrogens is 349 g/mol. The minimum absolute atomic E-state index is 0.0319. The summed E-state index contributed by atoms with van der Waals surface area (Å²) in [5.41, 5.74) is 0.942. The fourth-order valence-electron chi connectivity index (χ4n) is 3.56. The molecule has 6 nitrogen and oxygen atoms in total. The molecule has 0 aliphatic carbocycles. The minimum atomic E-state index is -0.662. The smallest absolute Gasteiger partial charge is 0.253 e. The van der Waals surface area contributed by atoms with Gasteiger partial charge in [0, 0.05) is 17.9 Å². The number of halogens is 1. The van der Waals surface area contributed by atoms with Crippen LogP contribution in [0, 0.1) is 12.7 Å². The summed E-state index contributed by atoms with van der Waals surface area (Å²) in [6, 6.07) is 11.9. The highest BCUT2D eigenvalue weighted by atomic mass is 19.1. The Labute approximate surface area is 157 Å². The molecular formula is C20H22FN3O3. The summed E-state index contributed by atoms with van der Waals surface area (Å²) in [5.74, 6) is 0.397. The molecule has 142 valence electrons. The fraction of sp³-hybridized carbons (Fsp3) is 0.400. The highest BCUT2D eigenvalue weighted by Gasteiger charge is 2.43. The summed E-state index contributed by atoms with van der Waals surface area (Å²) in [6.07, 6.45) is 0. The van der Waals surface area contributed by atoms with Crippen LogP contribution in [0.2, 0.25) is 0 Å². The highest BCUT2D eigenvalue weighted by Crippen LogP contribution is 2.28. The first-order chi connectivity index (χ1) is 13.0. The van der Waals surface area contributed by atoms with Gasteiger partial charge in [0.2, 0.25) is 0 Å². The summed E-state index contributed by atoms with van der Waals surface area (Å²) in [4.78, 5) is 20.8. The molecule has 7 heteroatoms. The topological polar surface area (TPSA) is 54.9 Å². The van der Waals surface area contributed by atoms with E-state index in [1.54, 1.807) is 17.0 Å². The van der Waals surface area contributed by atoms with Crippen molar-refractivity contribution < 1.29 is 18.7 Å². The van der Waals surface area contributed by atoms with Crippen LogP contribution in [0.25, 0.3) is 0 Å². The van der Waals surface area contributed by atoms with Crippen LogP contribution >= 0.6 is 0 Å². The maximum atomic E-state index is 13.3.